The van der Waals surface area contributed by atoms with Crippen molar-refractivity contribution in [2.75, 3.05) is 11.5 Å². The summed E-state index contributed by atoms with van der Waals surface area (Å²) in [5.41, 5.74) is 12.7. The van der Waals surface area contributed by atoms with Gasteiger partial charge in [0.2, 0.25) is 0 Å². The number of anilines is 1. The monoisotopic (exact) mass is 211 g/mol. The zero-order chi connectivity index (χ0) is 10.6. The molecule has 4 heteroatoms. The molecule has 0 aliphatic rings. The molecule has 1 aromatic heterocycles. The maximum atomic E-state index is 6.00. The summed E-state index contributed by atoms with van der Waals surface area (Å²) in [6.07, 6.45) is 1.68. The number of hydrogen-bond donors (Lipinski definition) is 2. The van der Waals surface area contributed by atoms with Crippen molar-refractivity contribution in [1.82, 2.24) is 4.98 Å². The Morgan fingerprint density at radius 1 is 1.50 bits per heavy atom. The molecule has 3 nitrogen and oxygen atoms in total. The van der Waals surface area contributed by atoms with Crippen LogP contribution in [0, 0.1) is 0 Å². The molecule has 14 heavy (non-hydrogen) atoms. The molecule has 0 aliphatic carbocycles. The van der Waals surface area contributed by atoms with E-state index in [1.807, 2.05) is 23.9 Å². The summed E-state index contributed by atoms with van der Waals surface area (Å²) in [5, 5.41) is 0.596. The molecular weight excluding hydrogens is 194 g/mol. The van der Waals surface area contributed by atoms with Gasteiger partial charge in [-0.25, -0.2) is 4.98 Å². The van der Waals surface area contributed by atoms with Gasteiger partial charge in [-0.15, -0.1) is 0 Å². The van der Waals surface area contributed by atoms with Crippen LogP contribution in [0.4, 0.5) is 5.82 Å². The van der Waals surface area contributed by atoms with E-state index in [-0.39, 0.29) is 6.04 Å². The fourth-order valence-electron chi connectivity index (χ4n) is 1.13. The van der Waals surface area contributed by atoms with Gasteiger partial charge in [-0.3, -0.25) is 0 Å². The second kappa shape index (κ2) is 5.22. The number of pyridine rings is 1. The first-order valence-electron chi connectivity index (χ1n) is 4.69. The van der Waals surface area contributed by atoms with E-state index in [0.29, 0.717) is 11.1 Å². The predicted octanol–water partition coefficient (Wildman–Crippen LogP) is 1.81. The van der Waals surface area contributed by atoms with Gasteiger partial charge in [-0.2, -0.15) is 11.8 Å². The van der Waals surface area contributed by atoms with Crippen LogP contribution in [0.15, 0.2) is 18.3 Å². The maximum absolute atomic E-state index is 6.00. The molecule has 0 fully saturated rings. The normalized spacial score (nSPS) is 13.1. The van der Waals surface area contributed by atoms with Crippen LogP contribution in [0.25, 0.3) is 0 Å². The maximum Gasteiger partial charge on any atom is 0.128 e. The van der Waals surface area contributed by atoms with E-state index < -0.39 is 0 Å². The van der Waals surface area contributed by atoms with Crippen LogP contribution in [-0.2, 0) is 0 Å². The highest BCUT2D eigenvalue weighted by Gasteiger charge is 2.10. The summed E-state index contributed by atoms with van der Waals surface area (Å²) >= 11 is 1.83. The van der Waals surface area contributed by atoms with Crippen LogP contribution >= 0.6 is 11.8 Å². The first-order chi connectivity index (χ1) is 6.61. The van der Waals surface area contributed by atoms with Crippen molar-refractivity contribution in [3.05, 3.63) is 23.9 Å². The number of nitrogen functional groups attached to an aromatic ring is 1. The van der Waals surface area contributed by atoms with Crippen molar-refractivity contribution < 1.29 is 0 Å². The van der Waals surface area contributed by atoms with E-state index >= 15 is 0 Å². The molecule has 1 atom stereocenters. The Labute approximate surface area is 89.3 Å². The molecule has 78 valence electrons. The van der Waals surface area contributed by atoms with E-state index in [9.17, 15) is 0 Å². The van der Waals surface area contributed by atoms with Crippen molar-refractivity contribution in [3.8, 4) is 0 Å². The third kappa shape index (κ3) is 3.20. The van der Waals surface area contributed by atoms with Crippen LogP contribution in [0.2, 0.25) is 0 Å². The predicted molar refractivity (Wildman–Crippen MR) is 63.2 cm³/mol. The quantitative estimate of drug-likeness (QED) is 0.797. The Morgan fingerprint density at radius 3 is 2.79 bits per heavy atom. The van der Waals surface area contributed by atoms with E-state index in [1.165, 1.54) is 0 Å². The van der Waals surface area contributed by atoms with Gasteiger partial charge in [0, 0.05) is 23.6 Å². The molecule has 0 aliphatic heterocycles. The van der Waals surface area contributed by atoms with E-state index in [1.54, 1.807) is 6.20 Å². The van der Waals surface area contributed by atoms with Crippen molar-refractivity contribution in [1.29, 1.82) is 0 Å². The minimum Gasteiger partial charge on any atom is -0.383 e. The van der Waals surface area contributed by atoms with Gasteiger partial charge in [0.1, 0.15) is 5.82 Å². The van der Waals surface area contributed by atoms with Gasteiger partial charge in [-0.05, 0) is 11.3 Å². The molecule has 0 saturated carbocycles. The molecule has 1 aromatic rings. The Hall–Kier alpha value is -0.740. The van der Waals surface area contributed by atoms with E-state index in [0.717, 1.165) is 11.3 Å². The number of nitrogens with two attached hydrogens (primary N) is 2. The third-order valence-electron chi connectivity index (χ3n) is 1.88. The average Bonchev–Trinajstić information content (AvgIpc) is 2.15. The fraction of sp³-hybridized carbons (Fsp3) is 0.500. The molecule has 0 amide bonds. The van der Waals surface area contributed by atoms with Crippen molar-refractivity contribution >= 4 is 17.6 Å². The highest BCUT2D eigenvalue weighted by atomic mass is 32.2. The van der Waals surface area contributed by atoms with Crippen molar-refractivity contribution in [2.45, 2.75) is 25.1 Å². The summed E-state index contributed by atoms with van der Waals surface area (Å²) in [6, 6.07) is 3.79. The first kappa shape index (κ1) is 11.3. The molecule has 1 heterocycles. The van der Waals surface area contributed by atoms with Crippen molar-refractivity contribution in [3.63, 3.8) is 0 Å². The summed E-state index contributed by atoms with van der Waals surface area (Å²) in [6.45, 7) is 4.31. The molecular formula is C10H17N3S. The average molecular weight is 211 g/mol. The van der Waals surface area contributed by atoms with Crippen LogP contribution in [0.5, 0.6) is 0 Å². The fourth-order valence-corrected chi connectivity index (χ4v) is 1.90. The lowest BCUT2D eigenvalue weighted by molar-refractivity contribution is 0.826. The van der Waals surface area contributed by atoms with Crippen LogP contribution in [0.1, 0.15) is 25.5 Å². The minimum atomic E-state index is -0.0175. The Balaban J connectivity index is 2.60. The summed E-state index contributed by atoms with van der Waals surface area (Å²) < 4.78 is 0. The van der Waals surface area contributed by atoms with Gasteiger partial charge >= 0.3 is 0 Å². The largest absolute Gasteiger partial charge is 0.383 e. The number of hydrogen-bond acceptors (Lipinski definition) is 4. The summed E-state index contributed by atoms with van der Waals surface area (Å²) in [4.78, 5) is 4.02. The number of aromatic nitrogens is 1. The lowest BCUT2D eigenvalue weighted by Gasteiger charge is -2.14. The smallest absolute Gasteiger partial charge is 0.128 e. The highest BCUT2D eigenvalue weighted by Crippen LogP contribution is 2.21. The molecule has 0 bridgehead atoms. The van der Waals surface area contributed by atoms with E-state index in [2.05, 4.69) is 18.8 Å². The van der Waals surface area contributed by atoms with Crippen LogP contribution in [0.3, 0.4) is 0 Å². The SMILES string of the molecule is CC(C)SCC(N)c1cccnc1N. The molecule has 0 spiro atoms. The van der Waals surface area contributed by atoms with Gasteiger partial charge in [0.25, 0.3) is 0 Å². The van der Waals surface area contributed by atoms with Gasteiger partial charge in [0.15, 0.2) is 0 Å². The number of nitrogens with zero attached hydrogens (tertiary/aromatic N) is 1. The summed E-state index contributed by atoms with van der Waals surface area (Å²) in [7, 11) is 0. The Morgan fingerprint density at radius 2 is 2.21 bits per heavy atom. The van der Waals surface area contributed by atoms with Gasteiger partial charge in [-0.1, -0.05) is 19.9 Å². The zero-order valence-electron chi connectivity index (χ0n) is 8.60. The second-order valence-electron chi connectivity index (χ2n) is 3.47. The van der Waals surface area contributed by atoms with Gasteiger partial charge in [0.05, 0.1) is 0 Å². The number of rotatable bonds is 4. The molecule has 0 aromatic carbocycles. The standard InChI is InChI=1S/C10H17N3S/c1-7(2)14-6-9(11)8-4-3-5-13-10(8)12/h3-5,7,9H,6,11H2,1-2H3,(H2,12,13). The Bertz CT molecular complexity index is 288. The second-order valence-corrected chi connectivity index (χ2v) is 5.08. The van der Waals surface area contributed by atoms with E-state index in [4.69, 9.17) is 11.5 Å². The molecule has 1 rings (SSSR count). The van der Waals surface area contributed by atoms with Crippen LogP contribution < -0.4 is 11.5 Å². The highest BCUT2D eigenvalue weighted by molar-refractivity contribution is 7.99. The minimum absolute atomic E-state index is 0.0175. The molecule has 0 radical (unpaired) electrons. The summed E-state index contributed by atoms with van der Waals surface area (Å²) in [5.74, 6) is 1.43. The third-order valence-corrected chi connectivity index (χ3v) is 3.10. The zero-order valence-corrected chi connectivity index (χ0v) is 9.42. The van der Waals surface area contributed by atoms with Gasteiger partial charge < -0.3 is 11.5 Å². The Kier molecular flexibility index (Phi) is 4.22. The van der Waals surface area contributed by atoms with Crippen LogP contribution in [-0.4, -0.2) is 16.0 Å². The molecule has 1 unspecified atom stereocenters. The lowest BCUT2D eigenvalue weighted by Crippen LogP contribution is -2.16. The number of thioether (sulfide) groups is 1. The first-order valence-corrected chi connectivity index (χ1v) is 5.73. The molecule has 4 N–H and O–H groups in total. The van der Waals surface area contributed by atoms with Crippen molar-refractivity contribution in [2.24, 2.45) is 5.73 Å². The molecule has 0 saturated heterocycles. The lowest BCUT2D eigenvalue weighted by atomic mass is 10.1. The topological polar surface area (TPSA) is 64.9 Å².